The van der Waals surface area contributed by atoms with Crippen LogP contribution >= 0.6 is 11.8 Å². The number of nitrogens with one attached hydrogen (secondary N) is 1. The van der Waals surface area contributed by atoms with E-state index < -0.39 is 27.5 Å². The topological polar surface area (TPSA) is 63.2 Å². The Morgan fingerprint density at radius 3 is 2.61 bits per heavy atom. The lowest BCUT2D eigenvalue weighted by Gasteiger charge is -2.15. The molecule has 1 fully saturated rings. The molecule has 1 heterocycles. The van der Waals surface area contributed by atoms with Gasteiger partial charge in [-0.3, -0.25) is 4.79 Å². The molecule has 1 aliphatic heterocycles. The highest BCUT2D eigenvalue weighted by molar-refractivity contribution is 8.02. The minimum Gasteiger partial charge on any atom is -0.353 e. The van der Waals surface area contributed by atoms with Gasteiger partial charge in [-0.15, -0.1) is 11.8 Å². The van der Waals surface area contributed by atoms with Gasteiger partial charge in [0.1, 0.15) is 11.6 Å². The Kier molecular flexibility index (Phi) is 6.02. The van der Waals surface area contributed by atoms with Gasteiger partial charge in [0.05, 0.1) is 17.3 Å². The molecule has 23 heavy (non-hydrogen) atoms. The second kappa shape index (κ2) is 7.61. The lowest BCUT2D eigenvalue weighted by atomic mass is 10.1. The van der Waals surface area contributed by atoms with Gasteiger partial charge in [0.15, 0.2) is 9.84 Å². The summed E-state index contributed by atoms with van der Waals surface area (Å²) < 4.78 is 49.8. The number of halogens is 2. The molecule has 0 unspecified atom stereocenters. The summed E-state index contributed by atoms with van der Waals surface area (Å²) in [5.74, 6) is -1.09. The Balaban J connectivity index is 1.79. The SMILES string of the molecule is C[C@@H](Cc1c(F)cccc1F)NC(=O)CS[C@@H]1CCS(=O)(=O)C1. The molecule has 0 bridgehead atoms. The van der Waals surface area contributed by atoms with Crippen LogP contribution in [0.25, 0.3) is 0 Å². The molecule has 2 atom stereocenters. The first-order chi connectivity index (χ1) is 10.8. The van der Waals surface area contributed by atoms with Crippen molar-refractivity contribution in [2.45, 2.75) is 31.1 Å². The van der Waals surface area contributed by atoms with Crippen molar-refractivity contribution in [1.82, 2.24) is 5.32 Å². The van der Waals surface area contributed by atoms with E-state index in [2.05, 4.69) is 5.32 Å². The molecule has 1 amide bonds. The van der Waals surface area contributed by atoms with E-state index in [9.17, 15) is 22.0 Å². The first-order valence-electron chi connectivity index (χ1n) is 7.31. The maximum atomic E-state index is 13.6. The smallest absolute Gasteiger partial charge is 0.230 e. The van der Waals surface area contributed by atoms with Crippen molar-refractivity contribution in [2.75, 3.05) is 17.3 Å². The van der Waals surface area contributed by atoms with Crippen LogP contribution in [-0.4, -0.2) is 42.9 Å². The number of rotatable bonds is 6. The van der Waals surface area contributed by atoms with Crippen LogP contribution in [0.4, 0.5) is 8.78 Å². The molecule has 0 saturated carbocycles. The fourth-order valence-electron chi connectivity index (χ4n) is 2.49. The monoisotopic (exact) mass is 363 g/mol. The van der Waals surface area contributed by atoms with Gasteiger partial charge in [-0.25, -0.2) is 17.2 Å². The van der Waals surface area contributed by atoms with Gasteiger partial charge in [-0.1, -0.05) is 6.07 Å². The molecular formula is C15H19F2NO3S2. The Morgan fingerprint density at radius 1 is 1.39 bits per heavy atom. The molecule has 8 heteroatoms. The zero-order valence-electron chi connectivity index (χ0n) is 12.7. The molecule has 4 nitrogen and oxygen atoms in total. The highest BCUT2D eigenvalue weighted by Gasteiger charge is 2.28. The van der Waals surface area contributed by atoms with Crippen molar-refractivity contribution in [3.05, 3.63) is 35.4 Å². The Morgan fingerprint density at radius 2 is 2.04 bits per heavy atom. The van der Waals surface area contributed by atoms with Gasteiger partial charge in [0, 0.05) is 16.9 Å². The van der Waals surface area contributed by atoms with Crippen molar-refractivity contribution < 1.29 is 22.0 Å². The van der Waals surface area contributed by atoms with Crippen molar-refractivity contribution >= 4 is 27.5 Å². The second-order valence-corrected chi connectivity index (χ2v) is 9.23. The summed E-state index contributed by atoms with van der Waals surface area (Å²) in [6, 6.07) is 3.25. The third kappa shape index (κ3) is 5.46. The van der Waals surface area contributed by atoms with Crippen LogP contribution in [0.2, 0.25) is 0 Å². The Bertz CT molecular complexity index is 659. The first-order valence-corrected chi connectivity index (χ1v) is 10.2. The summed E-state index contributed by atoms with van der Waals surface area (Å²) in [4.78, 5) is 11.9. The highest BCUT2D eigenvalue weighted by Crippen LogP contribution is 2.24. The third-order valence-corrected chi connectivity index (χ3v) is 6.90. The Labute approximate surface area is 139 Å². The van der Waals surface area contributed by atoms with Crippen molar-refractivity contribution in [3.63, 3.8) is 0 Å². The summed E-state index contributed by atoms with van der Waals surface area (Å²) in [6.07, 6.45) is 0.628. The molecule has 0 radical (unpaired) electrons. The second-order valence-electron chi connectivity index (χ2n) is 5.71. The summed E-state index contributed by atoms with van der Waals surface area (Å²) in [5.41, 5.74) is -0.0464. The first kappa shape index (κ1) is 18.2. The van der Waals surface area contributed by atoms with E-state index in [-0.39, 0.29) is 40.4 Å². The lowest BCUT2D eigenvalue weighted by molar-refractivity contribution is -0.119. The Hall–Kier alpha value is -1.15. The van der Waals surface area contributed by atoms with E-state index in [1.807, 2.05) is 0 Å². The molecule has 1 aromatic rings. The van der Waals surface area contributed by atoms with Crippen molar-refractivity contribution in [3.8, 4) is 0 Å². The third-order valence-electron chi connectivity index (χ3n) is 3.62. The van der Waals surface area contributed by atoms with Crippen LogP contribution in [0.3, 0.4) is 0 Å². The number of hydrogen-bond donors (Lipinski definition) is 1. The molecule has 1 aliphatic rings. The van der Waals surface area contributed by atoms with E-state index in [0.717, 1.165) is 0 Å². The molecule has 1 N–H and O–H groups in total. The van der Waals surface area contributed by atoms with Gasteiger partial charge in [-0.2, -0.15) is 0 Å². The average molecular weight is 363 g/mol. The number of hydrogen-bond acceptors (Lipinski definition) is 4. The van der Waals surface area contributed by atoms with Crippen LogP contribution in [0.5, 0.6) is 0 Å². The van der Waals surface area contributed by atoms with E-state index in [0.29, 0.717) is 6.42 Å². The summed E-state index contributed by atoms with van der Waals surface area (Å²) in [6.45, 7) is 1.68. The van der Waals surface area contributed by atoms with Crippen LogP contribution in [-0.2, 0) is 21.1 Å². The number of amides is 1. The number of sulfone groups is 1. The van der Waals surface area contributed by atoms with Crippen LogP contribution in [0.1, 0.15) is 18.9 Å². The predicted octanol–water partition coefficient (Wildman–Crippen LogP) is 1.93. The largest absolute Gasteiger partial charge is 0.353 e. The number of benzene rings is 1. The zero-order valence-corrected chi connectivity index (χ0v) is 14.4. The van der Waals surface area contributed by atoms with Crippen LogP contribution in [0, 0.1) is 11.6 Å². The lowest BCUT2D eigenvalue weighted by Crippen LogP contribution is -2.36. The van der Waals surface area contributed by atoms with E-state index in [4.69, 9.17) is 0 Å². The summed E-state index contributed by atoms with van der Waals surface area (Å²) in [5, 5.41) is 2.63. The maximum Gasteiger partial charge on any atom is 0.230 e. The molecule has 0 aliphatic carbocycles. The molecular weight excluding hydrogens is 344 g/mol. The van der Waals surface area contributed by atoms with Gasteiger partial charge < -0.3 is 5.32 Å². The fourth-order valence-corrected chi connectivity index (χ4v) is 5.94. The van der Waals surface area contributed by atoms with E-state index >= 15 is 0 Å². The fraction of sp³-hybridized carbons (Fsp3) is 0.533. The number of carbonyl (C=O) groups is 1. The minimum atomic E-state index is -2.95. The van der Waals surface area contributed by atoms with Gasteiger partial charge in [-0.05, 0) is 31.9 Å². The zero-order chi connectivity index (χ0) is 17.0. The molecule has 1 saturated heterocycles. The predicted molar refractivity (Wildman–Crippen MR) is 87.2 cm³/mol. The van der Waals surface area contributed by atoms with Crippen LogP contribution in [0.15, 0.2) is 18.2 Å². The van der Waals surface area contributed by atoms with Gasteiger partial charge >= 0.3 is 0 Å². The molecule has 0 aromatic heterocycles. The van der Waals surface area contributed by atoms with E-state index in [1.165, 1.54) is 30.0 Å². The number of thioether (sulfide) groups is 1. The highest BCUT2D eigenvalue weighted by atomic mass is 32.2. The maximum absolute atomic E-state index is 13.6. The van der Waals surface area contributed by atoms with Crippen molar-refractivity contribution in [2.24, 2.45) is 0 Å². The van der Waals surface area contributed by atoms with Gasteiger partial charge in [0.2, 0.25) is 5.91 Å². The summed E-state index contributed by atoms with van der Waals surface area (Å²) >= 11 is 1.31. The standard InChI is InChI=1S/C15H19F2NO3S2/c1-10(7-12-13(16)3-2-4-14(12)17)18-15(19)8-22-11-5-6-23(20,21)9-11/h2-4,10-11H,5-9H2,1H3,(H,18,19)/t10-,11+/m0/s1. The number of carbonyl (C=O) groups excluding carboxylic acids is 1. The summed E-state index contributed by atoms with van der Waals surface area (Å²) in [7, 11) is -2.95. The minimum absolute atomic E-state index is 0.0464. The van der Waals surface area contributed by atoms with Crippen molar-refractivity contribution in [1.29, 1.82) is 0 Å². The van der Waals surface area contributed by atoms with Crippen LogP contribution < -0.4 is 5.32 Å². The normalized spacial score (nSPS) is 21.1. The molecule has 1 aromatic carbocycles. The molecule has 128 valence electrons. The average Bonchev–Trinajstić information content (AvgIpc) is 2.80. The van der Waals surface area contributed by atoms with E-state index in [1.54, 1.807) is 6.92 Å². The molecule has 0 spiro atoms. The quantitative estimate of drug-likeness (QED) is 0.839. The van der Waals surface area contributed by atoms with Gasteiger partial charge in [0.25, 0.3) is 0 Å². The molecule has 2 rings (SSSR count).